The van der Waals surface area contributed by atoms with Crippen molar-refractivity contribution >= 4 is 46.4 Å². The van der Waals surface area contributed by atoms with Gasteiger partial charge in [-0.3, -0.25) is 34.3 Å². The van der Waals surface area contributed by atoms with Crippen LogP contribution in [0, 0.1) is 5.41 Å². The standard InChI is InChI=1S/C51H60N10O5/c1-31-21-36(14-16-58(31)37-8-6-7-33(22-37)40-10-12-46(63)55-48(40)64)57-17-18-59(32(2)28-57)38-9-11-45(53-27-38)54-42-23-35(29-56(5)49(42)65)39-13-15-52-47(41(39)30-62)61-20-19-60-43(50(61)66)24-34-25-51(3,4)26-44(34)60/h6-9,11,13,15,22-24,27,29,31-32,36,40,62H,10,12,14,16-21,25-26,28,30H2,1-5H3,(H,53,54)(H,55,63,64)/t31-,32-,36-,40?/m0/s1/i5D3. The molecule has 3 fully saturated rings. The Hall–Kier alpha value is -6.32. The molecular weight excluding hydrogens is 833 g/mol. The van der Waals surface area contributed by atoms with E-state index in [1.54, 1.807) is 29.3 Å². The molecule has 0 radical (unpaired) electrons. The number of aryl methyl sites for hydroxylation is 1. The molecule has 0 saturated carbocycles. The zero-order valence-electron chi connectivity index (χ0n) is 41.1. The number of rotatable bonds is 9. The molecule has 3 saturated heterocycles. The molecule has 15 nitrogen and oxygen atoms in total. The third kappa shape index (κ3) is 8.05. The summed E-state index contributed by atoms with van der Waals surface area (Å²) in [5.41, 5.74) is 6.45. The molecule has 3 amide bonds. The molecule has 0 bridgehead atoms. The van der Waals surface area contributed by atoms with Gasteiger partial charge in [0.05, 0.1) is 24.4 Å². The van der Waals surface area contributed by atoms with E-state index in [0.29, 0.717) is 70.8 Å². The molecule has 1 aromatic carbocycles. The quantitative estimate of drug-likeness (QED) is 0.155. The number of nitrogens with one attached hydrogen (secondary N) is 2. The highest BCUT2D eigenvalue weighted by Gasteiger charge is 2.38. The number of aromatic nitrogens is 4. The summed E-state index contributed by atoms with van der Waals surface area (Å²) in [6, 6.07) is 18.1. The maximum atomic E-state index is 14.1. The molecule has 1 aliphatic carbocycles. The van der Waals surface area contributed by atoms with Crippen molar-refractivity contribution in [1.82, 2.24) is 29.3 Å². The lowest BCUT2D eigenvalue weighted by Gasteiger charge is -2.48. The Kier molecular flexibility index (Phi) is 10.4. The number of pyridine rings is 3. The van der Waals surface area contributed by atoms with E-state index in [1.165, 1.54) is 23.7 Å². The van der Waals surface area contributed by atoms with Crippen molar-refractivity contribution in [3.05, 3.63) is 112 Å². The molecular formula is C51H60N10O5. The topological polar surface area (TPSA) is 161 Å². The third-order valence-electron chi connectivity index (χ3n) is 14.6. The van der Waals surface area contributed by atoms with Crippen LogP contribution in [0.15, 0.2) is 78.0 Å². The van der Waals surface area contributed by atoms with Crippen LogP contribution in [0.1, 0.15) is 96.3 Å². The monoisotopic (exact) mass is 895 g/mol. The van der Waals surface area contributed by atoms with Crippen molar-refractivity contribution in [3.63, 3.8) is 0 Å². The van der Waals surface area contributed by atoms with E-state index in [2.05, 4.69) is 79.7 Å². The number of benzene rings is 1. The Morgan fingerprint density at radius 1 is 0.909 bits per heavy atom. The largest absolute Gasteiger partial charge is 0.392 e. The lowest BCUT2D eigenvalue weighted by molar-refractivity contribution is -0.134. The summed E-state index contributed by atoms with van der Waals surface area (Å²) < 4.78 is 27.6. The van der Waals surface area contributed by atoms with Crippen LogP contribution in [0.3, 0.4) is 0 Å². The van der Waals surface area contributed by atoms with Gasteiger partial charge in [0.2, 0.25) is 11.8 Å². The summed E-state index contributed by atoms with van der Waals surface area (Å²) in [7, 11) is 0. The molecule has 10 rings (SSSR count). The van der Waals surface area contributed by atoms with Gasteiger partial charge in [0.15, 0.2) is 0 Å². The summed E-state index contributed by atoms with van der Waals surface area (Å²) in [5.74, 6) is -0.311. The fraction of sp³-hybridized carbons (Fsp3) is 0.451. The Bertz CT molecular complexity index is 2900. The second kappa shape index (κ2) is 17.2. The van der Waals surface area contributed by atoms with E-state index in [1.807, 2.05) is 24.3 Å². The average molecular weight is 896 g/mol. The van der Waals surface area contributed by atoms with Crippen LogP contribution >= 0.6 is 0 Å². The van der Waals surface area contributed by atoms with Crippen molar-refractivity contribution in [2.45, 2.75) is 103 Å². The zero-order chi connectivity index (χ0) is 48.5. The number of piperidine rings is 2. The minimum Gasteiger partial charge on any atom is -0.392 e. The summed E-state index contributed by atoms with van der Waals surface area (Å²) in [5, 5.41) is 16.4. The molecule has 5 aromatic rings. The fourth-order valence-corrected chi connectivity index (χ4v) is 11.3. The number of amides is 3. The van der Waals surface area contributed by atoms with Crippen LogP contribution in [0.5, 0.6) is 0 Å². The Morgan fingerprint density at radius 3 is 2.52 bits per heavy atom. The maximum absolute atomic E-state index is 14.1. The van der Waals surface area contributed by atoms with Gasteiger partial charge in [-0.25, -0.2) is 9.97 Å². The van der Waals surface area contributed by atoms with Gasteiger partial charge in [-0.2, -0.15) is 0 Å². The van der Waals surface area contributed by atoms with Crippen molar-refractivity contribution in [2.24, 2.45) is 12.4 Å². The average Bonchev–Trinajstić information content (AvgIpc) is 3.81. The molecule has 3 N–H and O–H groups in total. The van der Waals surface area contributed by atoms with Crippen LogP contribution < -0.4 is 30.9 Å². The van der Waals surface area contributed by atoms with Gasteiger partial charge in [0, 0.05) is 110 Å². The van der Waals surface area contributed by atoms with Crippen LogP contribution in [0.2, 0.25) is 0 Å². The number of aliphatic hydroxyl groups is 1. The van der Waals surface area contributed by atoms with E-state index in [9.17, 15) is 24.3 Å². The molecule has 344 valence electrons. The number of piperazine rings is 1. The minimum absolute atomic E-state index is 0.0141. The predicted octanol–water partition coefficient (Wildman–Crippen LogP) is 5.75. The van der Waals surface area contributed by atoms with E-state index in [4.69, 9.17) is 4.11 Å². The number of imide groups is 1. The number of nitrogens with zero attached hydrogens (tertiary/aromatic N) is 8. The van der Waals surface area contributed by atoms with E-state index >= 15 is 0 Å². The van der Waals surface area contributed by atoms with Gasteiger partial charge in [0.25, 0.3) is 11.5 Å². The van der Waals surface area contributed by atoms with Gasteiger partial charge in [0.1, 0.15) is 23.0 Å². The summed E-state index contributed by atoms with van der Waals surface area (Å²) in [6.45, 7) is 10.1. The van der Waals surface area contributed by atoms with Crippen LogP contribution in [-0.4, -0.2) is 97.7 Å². The number of carbonyl (C=O) groups excluding carboxylic acids is 3. The SMILES string of the molecule is [2H]C([2H])([2H])n1cc(-c2ccnc(N3CCn4c(cc5c4CC(C)(C)C5)C3=O)c2CO)cc(Nc2ccc(N3CCN([C@H]4CCN(c5cccc(C6CCC(=O)NC6=O)c5)[C@@H](C)C4)C[C@@H]3C)cn2)c1=O. The second-order valence-corrected chi connectivity index (χ2v) is 19.6. The first kappa shape index (κ1) is 40.0. The lowest BCUT2D eigenvalue weighted by atomic mass is 9.89. The maximum Gasteiger partial charge on any atom is 0.276 e. The number of aliphatic hydroxyl groups excluding tert-OH is 1. The van der Waals surface area contributed by atoms with E-state index in [0.717, 1.165) is 68.8 Å². The number of hydrogen-bond acceptors (Lipinski definition) is 11. The molecule has 1 unspecified atom stereocenters. The third-order valence-corrected chi connectivity index (χ3v) is 14.6. The van der Waals surface area contributed by atoms with Gasteiger partial charge >= 0.3 is 0 Å². The first-order valence-corrected chi connectivity index (χ1v) is 23.3. The lowest BCUT2D eigenvalue weighted by Crippen LogP contribution is -2.58. The molecule has 4 atom stereocenters. The predicted molar refractivity (Wildman–Crippen MR) is 255 cm³/mol. The van der Waals surface area contributed by atoms with Gasteiger partial charge in [-0.15, -0.1) is 0 Å². The normalized spacial score (nSPS) is 24.0. The number of fused-ring (bicyclic) bond motifs is 3. The van der Waals surface area contributed by atoms with E-state index in [-0.39, 0.29) is 46.6 Å². The number of anilines is 5. The van der Waals surface area contributed by atoms with Crippen LogP contribution in [0.4, 0.5) is 28.7 Å². The number of hydrogen-bond donors (Lipinski definition) is 3. The summed E-state index contributed by atoms with van der Waals surface area (Å²) in [4.78, 5) is 70.4. The zero-order valence-corrected chi connectivity index (χ0v) is 38.1. The highest BCUT2D eigenvalue weighted by atomic mass is 16.3. The molecule has 5 aliphatic rings. The molecule has 4 aliphatic heterocycles. The number of carbonyl (C=O) groups is 3. The first-order chi connectivity index (χ1) is 33.0. The van der Waals surface area contributed by atoms with Crippen molar-refractivity contribution < 1.29 is 23.6 Å². The minimum atomic E-state index is -2.82. The highest BCUT2D eigenvalue weighted by molar-refractivity contribution is 6.06. The fourth-order valence-electron chi connectivity index (χ4n) is 11.3. The van der Waals surface area contributed by atoms with E-state index < -0.39 is 19.1 Å². The van der Waals surface area contributed by atoms with Gasteiger partial charge in [-0.05, 0) is 111 Å². The molecule has 66 heavy (non-hydrogen) atoms. The first-order valence-electron chi connectivity index (χ1n) is 24.8. The Balaban J connectivity index is 0.816. The Labute approximate surface area is 389 Å². The Morgan fingerprint density at radius 2 is 1.76 bits per heavy atom. The van der Waals surface area contributed by atoms with Crippen molar-refractivity contribution in [1.29, 1.82) is 0 Å². The van der Waals surface area contributed by atoms with Crippen LogP contribution in [0.25, 0.3) is 11.1 Å². The summed E-state index contributed by atoms with van der Waals surface area (Å²) >= 11 is 0. The van der Waals surface area contributed by atoms with Gasteiger partial charge < -0.3 is 29.4 Å². The molecule has 15 heteroatoms. The smallest absolute Gasteiger partial charge is 0.276 e. The summed E-state index contributed by atoms with van der Waals surface area (Å²) in [6.07, 6.45) is 9.28. The highest BCUT2D eigenvalue weighted by Crippen LogP contribution is 2.41. The van der Waals surface area contributed by atoms with Crippen molar-refractivity contribution in [3.8, 4) is 11.1 Å². The second-order valence-electron chi connectivity index (χ2n) is 19.6. The van der Waals surface area contributed by atoms with Crippen molar-refractivity contribution in [2.75, 3.05) is 52.7 Å². The van der Waals surface area contributed by atoms with Gasteiger partial charge in [-0.1, -0.05) is 26.0 Å². The molecule has 4 aromatic heterocycles. The van der Waals surface area contributed by atoms with Crippen LogP contribution in [-0.2, 0) is 42.6 Å². The molecule has 8 heterocycles. The molecule has 0 spiro atoms.